The molecule has 0 bridgehead atoms. The third-order valence-corrected chi connectivity index (χ3v) is 9.26. The van der Waals surface area contributed by atoms with E-state index in [-0.39, 0.29) is 56.7 Å². The summed E-state index contributed by atoms with van der Waals surface area (Å²) in [6, 6.07) is 2.22. The van der Waals surface area contributed by atoms with E-state index in [0.29, 0.717) is 55.1 Å². The van der Waals surface area contributed by atoms with Crippen LogP contribution in [0.5, 0.6) is 0 Å². The lowest BCUT2D eigenvalue weighted by Gasteiger charge is -2.44. The zero-order valence-electron chi connectivity index (χ0n) is 24.2. The van der Waals surface area contributed by atoms with E-state index in [1.54, 1.807) is 27.0 Å². The number of thiophene rings is 1. The molecule has 3 aromatic heterocycles. The highest BCUT2D eigenvalue weighted by molar-refractivity contribution is 7.23. The van der Waals surface area contributed by atoms with E-state index in [0.717, 1.165) is 17.5 Å². The minimum atomic E-state index is -0.812. The predicted molar refractivity (Wildman–Crippen MR) is 158 cm³/mol. The zero-order chi connectivity index (χ0) is 30.9. The second kappa shape index (κ2) is 10.5. The Balaban J connectivity index is 1.32. The number of alkyl halides is 1. The summed E-state index contributed by atoms with van der Waals surface area (Å²) in [6.45, 7) is 7.69. The van der Waals surface area contributed by atoms with Crippen LogP contribution in [0.4, 0.5) is 28.9 Å². The van der Waals surface area contributed by atoms with Gasteiger partial charge in [-0.2, -0.15) is 5.26 Å². The van der Waals surface area contributed by atoms with Crippen LogP contribution in [0.15, 0.2) is 12.4 Å². The van der Waals surface area contributed by atoms with Crippen LogP contribution >= 0.6 is 11.3 Å². The molecule has 0 saturated carbocycles. The quantitative estimate of drug-likeness (QED) is 0.307. The van der Waals surface area contributed by atoms with Crippen molar-refractivity contribution in [1.29, 1.82) is 5.26 Å². The van der Waals surface area contributed by atoms with Crippen LogP contribution in [-0.2, 0) is 22.7 Å². The zero-order valence-corrected chi connectivity index (χ0v) is 25.0. The first kappa shape index (κ1) is 28.7. The van der Waals surface area contributed by atoms with E-state index >= 15 is 8.78 Å². The molecule has 0 unspecified atom stereocenters. The molecule has 14 heteroatoms. The molecule has 6 heterocycles. The molecule has 1 N–H and O–H groups in total. The van der Waals surface area contributed by atoms with Crippen molar-refractivity contribution < 1.29 is 27.4 Å². The van der Waals surface area contributed by atoms with Crippen molar-refractivity contribution in [3.63, 3.8) is 0 Å². The third-order valence-electron chi connectivity index (χ3n) is 8.14. The van der Waals surface area contributed by atoms with Crippen molar-refractivity contribution in [2.24, 2.45) is 0 Å². The summed E-state index contributed by atoms with van der Waals surface area (Å²) in [5.74, 6) is -1.06. The first-order chi connectivity index (χ1) is 21.0. The number of carbonyl (C=O) groups excluding carboxylic acids is 1. The molecule has 2 saturated heterocycles. The van der Waals surface area contributed by atoms with Crippen molar-refractivity contribution >= 4 is 49.4 Å². The highest BCUT2D eigenvalue weighted by Crippen LogP contribution is 2.46. The molecule has 2 fully saturated rings. The van der Waals surface area contributed by atoms with E-state index in [4.69, 9.17) is 9.47 Å². The van der Waals surface area contributed by atoms with Gasteiger partial charge in [-0.25, -0.2) is 27.9 Å². The topological polar surface area (TPSA) is 116 Å². The fourth-order valence-electron chi connectivity index (χ4n) is 6.08. The van der Waals surface area contributed by atoms with Gasteiger partial charge in [0.2, 0.25) is 5.95 Å². The number of benzene rings is 1. The van der Waals surface area contributed by atoms with Gasteiger partial charge in [0.05, 0.1) is 35.4 Å². The molecule has 4 aromatic rings. The maximum atomic E-state index is 16.7. The molecule has 3 aliphatic rings. The minimum Gasteiger partial charge on any atom is -0.444 e. The number of nitrogens with zero attached hydrogens (tertiary/aromatic N) is 6. The van der Waals surface area contributed by atoms with Crippen LogP contribution in [0, 0.1) is 23.0 Å². The fourth-order valence-corrected chi connectivity index (χ4v) is 7.12. The molecule has 44 heavy (non-hydrogen) atoms. The minimum absolute atomic E-state index is 0.0391. The van der Waals surface area contributed by atoms with Gasteiger partial charge in [0.1, 0.15) is 28.4 Å². The first-order valence-electron chi connectivity index (χ1n) is 14.2. The molecule has 10 nitrogen and oxygen atoms in total. The van der Waals surface area contributed by atoms with Crippen LogP contribution in [0.25, 0.3) is 32.2 Å². The predicted octanol–water partition coefficient (Wildman–Crippen LogP) is 5.67. The number of carbonyl (C=O) groups is 1. The normalized spacial score (nSPS) is 18.9. The number of hydrogen-bond acceptors (Lipinski definition) is 10. The summed E-state index contributed by atoms with van der Waals surface area (Å²) in [7, 11) is 0. The van der Waals surface area contributed by atoms with E-state index in [1.807, 2.05) is 11.0 Å². The smallest absolute Gasteiger partial charge is 0.412 e. The average molecular weight is 624 g/mol. The first-order valence-corrected chi connectivity index (χ1v) is 15.1. The second-order valence-electron chi connectivity index (χ2n) is 12.2. The molecule has 1 aromatic carbocycles. The van der Waals surface area contributed by atoms with Crippen molar-refractivity contribution in [1.82, 2.24) is 19.9 Å². The van der Waals surface area contributed by atoms with Crippen molar-refractivity contribution in [3.05, 3.63) is 40.7 Å². The van der Waals surface area contributed by atoms with Crippen LogP contribution < -0.4 is 10.2 Å². The van der Waals surface area contributed by atoms with Crippen molar-refractivity contribution in [3.8, 4) is 17.3 Å². The number of pyridine rings is 1. The maximum Gasteiger partial charge on any atom is 0.412 e. The summed E-state index contributed by atoms with van der Waals surface area (Å²) in [4.78, 5) is 30.0. The molecule has 7 rings (SSSR count). The summed E-state index contributed by atoms with van der Waals surface area (Å²) in [5, 5.41) is 13.3. The Bertz CT molecular complexity index is 1880. The van der Waals surface area contributed by atoms with Crippen LogP contribution in [0.2, 0.25) is 0 Å². The van der Waals surface area contributed by atoms with Gasteiger partial charge in [-0.3, -0.25) is 15.2 Å². The highest BCUT2D eigenvalue weighted by atomic mass is 32.1. The molecule has 0 spiro atoms. The summed E-state index contributed by atoms with van der Waals surface area (Å²) in [5.41, 5.74) is 0.513. The Kier molecular flexibility index (Phi) is 6.87. The summed E-state index contributed by atoms with van der Waals surface area (Å²) in [6.07, 6.45) is 1.47. The number of halogens is 3. The number of ether oxygens (including phenoxy) is 2. The molecule has 228 valence electrons. The number of likely N-dealkylation sites (tertiary alicyclic amines) is 1. The van der Waals surface area contributed by atoms with E-state index in [9.17, 15) is 14.4 Å². The van der Waals surface area contributed by atoms with Crippen LogP contribution in [0.3, 0.4) is 0 Å². The number of aromatic nitrogens is 3. The number of hydrogen-bond donors (Lipinski definition) is 1. The summed E-state index contributed by atoms with van der Waals surface area (Å²) < 4.78 is 56.6. The van der Waals surface area contributed by atoms with Gasteiger partial charge in [0, 0.05) is 54.8 Å². The number of amides is 1. The lowest BCUT2D eigenvalue weighted by molar-refractivity contribution is 0.0636. The Morgan fingerprint density at radius 2 is 1.95 bits per heavy atom. The van der Waals surface area contributed by atoms with Gasteiger partial charge < -0.3 is 14.4 Å². The number of anilines is 2. The number of nitrogens with one attached hydrogen (secondary N) is 1. The molecule has 1 atom stereocenters. The number of nitriles is 1. The molecular weight excluding hydrogens is 595 g/mol. The molecular formula is C30H28F3N7O3S. The van der Waals surface area contributed by atoms with Crippen molar-refractivity contribution in [2.75, 3.05) is 36.4 Å². The highest BCUT2D eigenvalue weighted by Gasteiger charge is 2.38. The Morgan fingerprint density at radius 1 is 1.18 bits per heavy atom. The molecule has 3 aliphatic heterocycles. The van der Waals surface area contributed by atoms with E-state index in [1.165, 1.54) is 0 Å². The van der Waals surface area contributed by atoms with Gasteiger partial charge in [-0.1, -0.05) is 0 Å². The van der Waals surface area contributed by atoms with Crippen molar-refractivity contribution in [2.45, 2.75) is 58.2 Å². The SMILES string of the molecule is CC(C)(C)OC(=O)Nc1sc2c(F)cnc(-c3c4c(c5cnc(N6CC(N7CC[C@@H](F)C7)C6)nc5c3F)COC4)c2c1C#N. The second-order valence-corrected chi connectivity index (χ2v) is 13.2. The molecule has 1 amide bonds. The van der Waals surface area contributed by atoms with Gasteiger partial charge in [-0.15, -0.1) is 11.3 Å². The van der Waals surface area contributed by atoms with Crippen LogP contribution in [-0.4, -0.2) is 69.9 Å². The van der Waals surface area contributed by atoms with Crippen LogP contribution in [0.1, 0.15) is 43.9 Å². The number of rotatable bonds is 4. The third kappa shape index (κ3) is 4.79. The Hall–Kier alpha value is -4.06. The molecule has 0 radical (unpaired) electrons. The Labute approximate surface area is 254 Å². The Morgan fingerprint density at radius 3 is 2.66 bits per heavy atom. The van der Waals surface area contributed by atoms with E-state index in [2.05, 4.69) is 25.2 Å². The average Bonchev–Trinajstić information content (AvgIpc) is 3.67. The summed E-state index contributed by atoms with van der Waals surface area (Å²) >= 11 is 0.846. The largest absolute Gasteiger partial charge is 0.444 e. The van der Waals surface area contributed by atoms with Gasteiger partial charge in [0.25, 0.3) is 0 Å². The number of fused-ring (bicyclic) bond motifs is 4. The van der Waals surface area contributed by atoms with Gasteiger partial charge in [0.15, 0.2) is 11.6 Å². The fraction of sp³-hybridized carbons (Fsp3) is 0.433. The lowest BCUT2D eigenvalue weighted by atomic mass is 9.94. The van der Waals surface area contributed by atoms with Gasteiger partial charge in [-0.05, 0) is 38.3 Å². The molecule has 0 aliphatic carbocycles. The van der Waals surface area contributed by atoms with E-state index < -0.39 is 29.5 Å². The lowest BCUT2D eigenvalue weighted by Crippen LogP contribution is -2.59. The van der Waals surface area contributed by atoms with Gasteiger partial charge >= 0.3 is 6.09 Å². The monoisotopic (exact) mass is 623 g/mol. The maximum absolute atomic E-state index is 16.7. The standard InChI is InChI=1S/C30H28F3N7O3S/c1-30(2,3)43-29(41)38-27-16(6-34)22-25(35-8-20(32)26(22)44-27)21-19-13-42-12-18(19)17-7-36-28(37-24(17)23(21)33)40-10-15(11-40)39-5-4-14(31)9-39/h7-8,14-15H,4-5,9-13H2,1-3H3,(H,38,41)/t14-/m1/s1.